The molecule has 0 atom stereocenters. The molecule has 0 radical (unpaired) electrons. The number of nitrogens with two attached hydrogens (primary N) is 1. The van der Waals surface area contributed by atoms with Gasteiger partial charge in [0.15, 0.2) is 0 Å². The average Bonchev–Trinajstić information content (AvgIpc) is 2.48. The Hall–Kier alpha value is -2.62. The summed E-state index contributed by atoms with van der Waals surface area (Å²) in [6.07, 6.45) is 5.54. The highest BCUT2D eigenvalue weighted by Crippen LogP contribution is 2.28. The predicted octanol–water partition coefficient (Wildman–Crippen LogP) is 3.44. The van der Waals surface area contributed by atoms with Gasteiger partial charge in [-0.15, -0.1) is 0 Å². The highest BCUT2D eigenvalue weighted by Gasteiger charge is 2.06. The number of nitrogens with zero attached hydrogens (tertiary/aromatic N) is 2. The number of benzene rings is 1. The van der Waals surface area contributed by atoms with E-state index in [9.17, 15) is 0 Å². The molecule has 0 bridgehead atoms. The van der Waals surface area contributed by atoms with Gasteiger partial charge in [0.05, 0.1) is 0 Å². The van der Waals surface area contributed by atoms with Gasteiger partial charge in [-0.3, -0.25) is 9.97 Å². The van der Waals surface area contributed by atoms with E-state index in [2.05, 4.69) is 28.3 Å². The molecular formula is C17H18N4. The van der Waals surface area contributed by atoms with Gasteiger partial charge in [0.1, 0.15) is 0 Å². The number of anilines is 2. The normalized spacial score (nSPS) is 10.8. The van der Waals surface area contributed by atoms with Gasteiger partial charge in [0, 0.05) is 53.0 Å². The largest absolute Gasteiger partial charge is 0.398 e. The molecule has 0 amide bonds. The first-order valence-electron chi connectivity index (χ1n) is 6.93. The molecule has 0 saturated heterocycles. The van der Waals surface area contributed by atoms with Crippen molar-refractivity contribution in [1.82, 2.24) is 9.97 Å². The van der Waals surface area contributed by atoms with Crippen molar-refractivity contribution < 1.29 is 0 Å². The second-order valence-electron chi connectivity index (χ2n) is 5.23. The second-order valence-corrected chi connectivity index (χ2v) is 5.23. The summed E-state index contributed by atoms with van der Waals surface area (Å²) in [5, 5.41) is 5.58. The Balaban J connectivity index is 1.96. The summed E-state index contributed by atoms with van der Waals surface area (Å²) in [6.45, 7) is 4.81. The van der Waals surface area contributed by atoms with E-state index in [1.54, 1.807) is 0 Å². The minimum atomic E-state index is 0.753. The number of nitrogen functional groups attached to an aromatic ring is 1. The Morgan fingerprint density at radius 1 is 1.10 bits per heavy atom. The third-order valence-corrected chi connectivity index (χ3v) is 3.68. The lowest BCUT2D eigenvalue weighted by Crippen LogP contribution is -2.03. The molecule has 3 aromatic rings. The molecule has 4 nitrogen and oxygen atoms in total. The van der Waals surface area contributed by atoms with E-state index >= 15 is 0 Å². The van der Waals surface area contributed by atoms with E-state index in [1.165, 1.54) is 11.1 Å². The Kier molecular flexibility index (Phi) is 3.44. The molecule has 0 fully saturated rings. The molecule has 4 heteroatoms. The van der Waals surface area contributed by atoms with Gasteiger partial charge in [0.2, 0.25) is 0 Å². The zero-order valence-electron chi connectivity index (χ0n) is 12.2. The molecule has 3 rings (SSSR count). The number of nitrogens with one attached hydrogen (secondary N) is 1. The van der Waals surface area contributed by atoms with Crippen molar-refractivity contribution in [3.8, 4) is 0 Å². The van der Waals surface area contributed by atoms with Gasteiger partial charge in [-0.05, 0) is 49.2 Å². The Bertz CT molecular complexity index is 796. The molecular weight excluding hydrogens is 260 g/mol. The standard InChI is InChI=1S/C17H18N4/c1-11-8-19-6-5-13(11)9-21-17-4-3-16(18)15-10-20-12(2)7-14(15)17/h3-8,10,21H,9,18H2,1-2H3. The van der Waals surface area contributed by atoms with Crippen LogP contribution in [0.25, 0.3) is 10.8 Å². The first kappa shape index (κ1) is 13.4. The SMILES string of the molecule is Cc1cc2c(NCc3ccncc3C)ccc(N)c2cn1. The predicted molar refractivity (Wildman–Crippen MR) is 87.2 cm³/mol. The summed E-state index contributed by atoms with van der Waals surface area (Å²) < 4.78 is 0. The summed E-state index contributed by atoms with van der Waals surface area (Å²) in [4.78, 5) is 8.45. The molecule has 21 heavy (non-hydrogen) atoms. The third kappa shape index (κ3) is 2.65. The van der Waals surface area contributed by atoms with Crippen molar-refractivity contribution in [2.45, 2.75) is 20.4 Å². The van der Waals surface area contributed by atoms with Crippen LogP contribution in [0.1, 0.15) is 16.8 Å². The fraction of sp³-hybridized carbons (Fsp3) is 0.176. The second kappa shape index (κ2) is 5.40. The first-order chi connectivity index (χ1) is 10.1. The molecule has 0 aliphatic carbocycles. The number of hydrogen-bond donors (Lipinski definition) is 2. The Morgan fingerprint density at radius 3 is 2.76 bits per heavy atom. The lowest BCUT2D eigenvalue weighted by atomic mass is 10.1. The molecule has 0 aliphatic rings. The number of pyridine rings is 2. The number of aromatic nitrogens is 2. The minimum absolute atomic E-state index is 0.753. The molecule has 0 aliphatic heterocycles. The number of fused-ring (bicyclic) bond motifs is 1. The van der Waals surface area contributed by atoms with E-state index in [0.29, 0.717) is 0 Å². The smallest absolute Gasteiger partial charge is 0.0425 e. The lowest BCUT2D eigenvalue weighted by Gasteiger charge is -2.13. The fourth-order valence-electron chi connectivity index (χ4n) is 2.41. The lowest BCUT2D eigenvalue weighted by molar-refractivity contribution is 1.09. The molecule has 2 heterocycles. The van der Waals surface area contributed by atoms with Gasteiger partial charge < -0.3 is 11.1 Å². The Labute approximate surface area is 124 Å². The molecule has 0 unspecified atom stereocenters. The van der Waals surface area contributed by atoms with Gasteiger partial charge in [-0.1, -0.05) is 0 Å². The molecule has 106 valence electrons. The minimum Gasteiger partial charge on any atom is -0.398 e. The summed E-state index contributed by atoms with van der Waals surface area (Å²) in [6, 6.07) is 8.04. The first-order valence-corrected chi connectivity index (χ1v) is 6.93. The fourth-order valence-corrected chi connectivity index (χ4v) is 2.41. The van der Waals surface area contributed by atoms with Crippen molar-refractivity contribution in [3.63, 3.8) is 0 Å². The van der Waals surface area contributed by atoms with Crippen LogP contribution in [0, 0.1) is 13.8 Å². The number of aryl methyl sites for hydroxylation is 2. The van der Waals surface area contributed by atoms with E-state index in [1.807, 2.05) is 43.7 Å². The van der Waals surface area contributed by atoms with E-state index in [4.69, 9.17) is 5.73 Å². The highest BCUT2D eigenvalue weighted by molar-refractivity contribution is 6.00. The highest BCUT2D eigenvalue weighted by atomic mass is 14.9. The molecule has 1 aromatic carbocycles. The summed E-state index contributed by atoms with van der Waals surface area (Å²) >= 11 is 0. The van der Waals surface area contributed by atoms with Crippen molar-refractivity contribution in [2.75, 3.05) is 11.1 Å². The summed E-state index contributed by atoms with van der Waals surface area (Å²) in [5.41, 5.74) is 11.3. The van der Waals surface area contributed by atoms with Crippen molar-refractivity contribution >= 4 is 22.1 Å². The molecule has 2 aromatic heterocycles. The monoisotopic (exact) mass is 278 g/mol. The van der Waals surface area contributed by atoms with Crippen LogP contribution in [0.2, 0.25) is 0 Å². The van der Waals surface area contributed by atoms with Gasteiger partial charge in [-0.2, -0.15) is 0 Å². The number of hydrogen-bond acceptors (Lipinski definition) is 4. The van der Waals surface area contributed by atoms with Crippen LogP contribution in [-0.4, -0.2) is 9.97 Å². The number of rotatable bonds is 3. The zero-order chi connectivity index (χ0) is 14.8. The van der Waals surface area contributed by atoms with Crippen LogP contribution < -0.4 is 11.1 Å². The maximum absolute atomic E-state index is 6.03. The van der Waals surface area contributed by atoms with Gasteiger partial charge >= 0.3 is 0 Å². The molecule has 0 saturated carbocycles. The zero-order valence-corrected chi connectivity index (χ0v) is 12.2. The van der Waals surface area contributed by atoms with E-state index in [-0.39, 0.29) is 0 Å². The van der Waals surface area contributed by atoms with Crippen LogP contribution in [0.15, 0.2) is 42.9 Å². The van der Waals surface area contributed by atoms with Crippen LogP contribution >= 0.6 is 0 Å². The van der Waals surface area contributed by atoms with Crippen LogP contribution in [0.5, 0.6) is 0 Å². The molecule has 3 N–H and O–H groups in total. The summed E-state index contributed by atoms with van der Waals surface area (Å²) in [7, 11) is 0. The van der Waals surface area contributed by atoms with Crippen LogP contribution in [-0.2, 0) is 6.54 Å². The van der Waals surface area contributed by atoms with Crippen molar-refractivity contribution in [2.24, 2.45) is 0 Å². The Morgan fingerprint density at radius 2 is 1.95 bits per heavy atom. The van der Waals surface area contributed by atoms with Crippen LogP contribution in [0.4, 0.5) is 11.4 Å². The maximum Gasteiger partial charge on any atom is 0.0425 e. The average molecular weight is 278 g/mol. The quantitative estimate of drug-likeness (QED) is 0.720. The third-order valence-electron chi connectivity index (χ3n) is 3.68. The van der Waals surface area contributed by atoms with Crippen LogP contribution in [0.3, 0.4) is 0 Å². The van der Waals surface area contributed by atoms with Gasteiger partial charge in [-0.25, -0.2) is 0 Å². The van der Waals surface area contributed by atoms with E-state index < -0.39 is 0 Å². The van der Waals surface area contributed by atoms with Gasteiger partial charge in [0.25, 0.3) is 0 Å². The maximum atomic E-state index is 6.03. The van der Waals surface area contributed by atoms with Crippen molar-refractivity contribution in [1.29, 1.82) is 0 Å². The topological polar surface area (TPSA) is 63.8 Å². The molecule has 0 spiro atoms. The summed E-state index contributed by atoms with van der Waals surface area (Å²) in [5.74, 6) is 0. The van der Waals surface area contributed by atoms with Crippen molar-refractivity contribution in [3.05, 3.63) is 59.7 Å². The van der Waals surface area contributed by atoms with E-state index in [0.717, 1.165) is 34.4 Å².